The summed E-state index contributed by atoms with van der Waals surface area (Å²) < 4.78 is 62.9. The van der Waals surface area contributed by atoms with Gasteiger partial charge >= 0.3 is 6.18 Å². The van der Waals surface area contributed by atoms with E-state index in [4.69, 9.17) is 5.26 Å². The van der Waals surface area contributed by atoms with E-state index in [2.05, 4.69) is 4.99 Å². The molecule has 138 valence electrons. The largest absolute Gasteiger partial charge is 0.416 e. The minimum Gasteiger partial charge on any atom is -0.316 e. The zero-order chi connectivity index (χ0) is 19.1. The summed E-state index contributed by atoms with van der Waals surface area (Å²) in [6, 6.07) is 5.49. The molecule has 26 heavy (non-hydrogen) atoms. The number of hydrogen-bond donors (Lipinski definition) is 0. The normalized spacial score (nSPS) is 25.9. The molecule has 2 saturated heterocycles. The fourth-order valence-corrected chi connectivity index (χ4v) is 6.84. The highest BCUT2D eigenvalue weighted by Gasteiger charge is 2.49. The van der Waals surface area contributed by atoms with Crippen LogP contribution in [0.1, 0.15) is 12.0 Å². The summed E-state index contributed by atoms with van der Waals surface area (Å²) in [5.74, 6) is -1.09. The van der Waals surface area contributed by atoms with Gasteiger partial charge in [0.15, 0.2) is 15.0 Å². The first-order valence-corrected chi connectivity index (χ1v) is 10.1. The number of benzene rings is 1. The summed E-state index contributed by atoms with van der Waals surface area (Å²) in [6.45, 7) is 0. The Kier molecular flexibility index (Phi) is 4.74. The Morgan fingerprint density at radius 2 is 2.12 bits per heavy atom. The maximum Gasteiger partial charge on any atom is 0.416 e. The molecular formula is C15H12F3N3O3S2. The summed E-state index contributed by atoms with van der Waals surface area (Å²) in [4.78, 5) is 16.9. The van der Waals surface area contributed by atoms with Crippen LogP contribution in [-0.2, 0) is 20.8 Å². The third kappa shape index (κ3) is 3.71. The topological polar surface area (TPSA) is 90.6 Å². The second kappa shape index (κ2) is 6.59. The van der Waals surface area contributed by atoms with Crippen molar-refractivity contribution in [2.75, 3.05) is 16.4 Å². The fourth-order valence-electron chi connectivity index (χ4n) is 2.91. The lowest BCUT2D eigenvalue weighted by Crippen LogP contribution is -2.37. The van der Waals surface area contributed by atoms with Gasteiger partial charge in [-0.25, -0.2) is 8.42 Å². The van der Waals surface area contributed by atoms with E-state index in [0.29, 0.717) is 0 Å². The molecule has 6 nitrogen and oxygen atoms in total. The van der Waals surface area contributed by atoms with E-state index in [1.165, 1.54) is 17.0 Å². The third-order valence-electron chi connectivity index (χ3n) is 3.97. The molecule has 2 atom stereocenters. The number of amidine groups is 1. The lowest BCUT2D eigenvalue weighted by atomic mass is 10.1. The molecule has 3 rings (SSSR count). The Morgan fingerprint density at radius 3 is 2.77 bits per heavy atom. The summed E-state index contributed by atoms with van der Waals surface area (Å²) in [5.41, 5.74) is -0.771. The van der Waals surface area contributed by atoms with Crippen molar-refractivity contribution in [2.45, 2.75) is 23.9 Å². The summed E-state index contributed by atoms with van der Waals surface area (Å²) in [7, 11) is -3.32. The smallest absolute Gasteiger partial charge is 0.316 e. The molecule has 0 N–H and O–H groups in total. The van der Waals surface area contributed by atoms with Gasteiger partial charge in [-0.3, -0.25) is 4.79 Å². The Morgan fingerprint density at radius 1 is 1.38 bits per heavy atom. The van der Waals surface area contributed by atoms with Gasteiger partial charge in [0.05, 0.1) is 29.2 Å². The number of alkyl halides is 3. The van der Waals surface area contributed by atoms with Gasteiger partial charge in [-0.15, -0.1) is 0 Å². The van der Waals surface area contributed by atoms with E-state index in [9.17, 15) is 26.4 Å². The first kappa shape index (κ1) is 18.7. The predicted octanol–water partition coefficient (Wildman–Crippen LogP) is 2.22. The van der Waals surface area contributed by atoms with Crippen LogP contribution >= 0.6 is 11.8 Å². The molecule has 1 aromatic carbocycles. The summed E-state index contributed by atoms with van der Waals surface area (Å²) in [5, 5.41) is 8.28. The van der Waals surface area contributed by atoms with Crippen LogP contribution in [0.4, 0.5) is 18.9 Å². The van der Waals surface area contributed by atoms with Crippen LogP contribution in [0.2, 0.25) is 0 Å². The van der Waals surface area contributed by atoms with Gasteiger partial charge in [0.1, 0.15) is 6.42 Å². The summed E-state index contributed by atoms with van der Waals surface area (Å²) in [6.07, 6.45) is -5.02. The van der Waals surface area contributed by atoms with E-state index < -0.39 is 45.2 Å². The van der Waals surface area contributed by atoms with Gasteiger partial charge in [0.25, 0.3) is 5.91 Å². The molecule has 1 aromatic rings. The monoisotopic (exact) mass is 403 g/mol. The van der Waals surface area contributed by atoms with Crippen LogP contribution in [0.25, 0.3) is 0 Å². The number of rotatable bonds is 2. The minimum atomic E-state index is -4.56. The Labute approximate surface area is 151 Å². The molecule has 2 aliphatic heterocycles. The number of fused-ring (bicyclic) bond motifs is 1. The Balaban J connectivity index is 2.04. The van der Waals surface area contributed by atoms with Gasteiger partial charge in [0, 0.05) is 10.9 Å². The van der Waals surface area contributed by atoms with E-state index in [1.54, 1.807) is 6.07 Å². The molecule has 2 heterocycles. The van der Waals surface area contributed by atoms with Crippen LogP contribution in [-0.4, -0.2) is 42.3 Å². The van der Waals surface area contributed by atoms with Gasteiger partial charge in [-0.2, -0.15) is 23.4 Å². The molecule has 0 radical (unpaired) electrons. The zero-order valence-corrected chi connectivity index (χ0v) is 14.7. The van der Waals surface area contributed by atoms with Crippen molar-refractivity contribution in [1.29, 1.82) is 5.26 Å². The highest BCUT2D eigenvalue weighted by molar-refractivity contribution is 8.16. The molecular weight excluding hydrogens is 391 g/mol. The number of anilines is 1. The van der Waals surface area contributed by atoms with Crippen molar-refractivity contribution in [1.82, 2.24) is 0 Å². The molecule has 0 bridgehead atoms. The molecule has 0 spiro atoms. The number of nitriles is 1. The van der Waals surface area contributed by atoms with E-state index >= 15 is 0 Å². The third-order valence-corrected chi connectivity index (χ3v) is 7.18. The molecule has 0 unspecified atom stereocenters. The number of aliphatic imine (C=N–C) groups is 1. The van der Waals surface area contributed by atoms with Crippen molar-refractivity contribution in [3.8, 4) is 6.07 Å². The number of thioether (sulfide) groups is 1. The minimum absolute atomic E-state index is 0.112. The van der Waals surface area contributed by atoms with E-state index in [1.807, 2.05) is 0 Å². The number of hydrogen-bond acceptors (Lipinski definition) is 5. The van der Waals surface area contributed by atoms with E-state index in [-0.39, 0.29) is 22.4 Å². The van der Waals surface area contributed by atoms with Gasteiger partial charge < -0.3 is 4.90 Å². The van der Waals surface area contributed by atoms with Gasteiger partial charge in [0.2, 0.25) is 0 Å². The van der Waals surface area contributed by atoms with Crippen LogP contribution in [0.15, 0.2) is 29.3 Å². The van der Waals surface area contributed by atoms with Gasteiger partial charge in [-0.05, 0) is 18.2 Å². The number of carbonyl (C=O) groups excluding carboxylic acids is 1. The number of nitrogens with zero attached hydrogens (tertiary/aromatic N) is 3. The first-order chi connectivity index (χ1) is 12.1. The Bertz CT molecular complexity index is 922. The maximum atomic E-state index is 13.0. The molecule has 11 heteroatoms. The van der Waals surface area contributed by atoms with Crippen LogP contribution in [0.5, 0.6) is 0 Å². The first-order valence-electron chi connectivity index (χ1n) is 7.43. The number of carbonyl (C=O) groups is 1. The number of halogens is 3. The van der Waals surface area contributed by atoms with Crippen molar-refractivity contribution in [3.63, 3.8) is 0 Å². The standard InChI is InChI=1S/C15H12F3N3O3S2/c16-15(17,18)9-2-1-3-10(6-9)21-11-7-26(23,24)8-12(11)25-14(21)20-13(22)4-5-19/h1-3,6,11-12H,4,7-8H2/t11-,12+/m0/s1. The average Bonchev–Trinajstić information content (AvgIpc) is 2.97. The molecule has 2 fully saturated rings. The van der Waals surface area contributed by atoms with Crippen LogP contribution < -0.4 is 4.90 Å². The molecule has 2 aliphatic rings. The number of amides is 1. The lowest BCUT2D eigenvalue weighted by Gasteiger charge is -2.25. The van der Waals surface area contributed by atoms with Crippen molar-refractivity contribution in [2.24, 2.45) is 4.99 Å². The quantitative estimate of drug-likeness (QED) is 0.752. The highest BCUT2D eigenvalue weighted by Crippen LogP contribution is 2.42. The summed E-state index contributed by atoms with van der Waals surface area (Å²) >= 11 is 1.04. The maximum absolute atomic E-state index is 13.0. The van der Waals surface area contributed by atoms with Crippen molar-refractivity contribution < 1.29 is 26.4 Å². The lowest BCUT2D eigenvalue weighted by molar-refractivity contribution is -0.137. The zero-order valence-electron chi connectivity index (χ0n) is 13.1. The second-order valence-corrected chi connectivity index (χ2v) is 9.20. The molecule has 1 amide bonds. The SMILES string of the molecule is N#CCC(=O)N=C1S[C@@H]2CS(=O)(=O)C[C@@H]2N1c1cccc(C(F)(F)F)c1. The molecule has 0 saturated carbocycles. The average molecular weight is 403 g/mol. The molecule has 0 aromatic heterocycles. The Hall–Kier alpha value is -2.06. The van der Waals surface area contributed by atoms with Crippen molar-refractivity contribution >= 4 is 38.4 Å². The number of sulfone groups is 1. The second-order valence-electron chi connectivity index (χ2n) is 5.84. The predicted molar refractivity (Wildman–Crippen MR) is 90.4 cm³/mol. The highest BCUT2D eigenvalue weighted by atomic mass is 32.2. The van der Waals surface area contributed by atoms with Crippen LogP contribution in [0, 0.1) is 11.3 Å². The van der Waals surface area contributed by atoms with Gasteiger partial charge in [-0.1, -0.05) is 17.8 Å². The van der Waals surface area contributed by atoms with Crippen LogP contribution in [0.3, 0.4) is 0 Å². The molecule has 0 aliphatic carbocycles. The fraction of sp³-hybridized carbons (Fsp3) is 0.400. The van der Waals surface area contributed by atoms with E-state index in [0.717, 1.165) is 23.9 Å². The van der Waals surface area contributed by atoms with Crippen molar-refractivity contribution in [3.05, 3.63) is 29.8 Å².